The van der Waals surface area contributed by atoms with E-state index in [0.717, 1.165) is 12.1 Å². The quantitative estimate of drug-likeness (QED) is 0.679. The molecule has 0 amide bonds. The van der Waals surface area contributed by atoms with Crippen LogP contribution >= 0.6 is 27.3 Å². The first-order valence-electron chi connectivity index (χ1n) is 5.47. The molecular weight excluding hydrogens is 350 g/mol. The number of hydrogen-bond donors (Lipinski definition) is 2. The Labute approximate surface area is 124 Å². The second-order valence-corrected chi connectivity index (χ2v) is 5.69. The van der Waals surface area contributed by atoms with Crippen LogP contribution in [0.1, 0.15) is 0 Å². The Hall–Kier alpha value is -1.80. The van der Waals surface area contributed by atoms with E-state index in [2.05, 4.69) is 31.2 Å². The third kappa shape index (κ3) is 2.32. The van der Waals surface area contributed by atoms with Crippen LogP contribution in [0.3, 0.4) is 0 Å². The summed E-state index contributed by atoms with van der Waals surface area (Å²) in [6.45, 7) is 0. The number of halogens is 3. The molecule has 0 saturated carbocycles. The molecule has 4 nitrogen and oxygen atoms in total. The first kappa shape index (κ1) is 13.2. The standard InChI is InChI=1S/C12H7BrF2N4S/c13-6-3-8(15)9(4-7(6)14)17-10-5-1-2-20-11(5)19-12(16)18-10/h1-4H,(H3,16,17,18,19). The highest BCUT2D eigenvalue weighted by atomic mass is 79.9. The topological polar surface area (TPSA) is 63.8 Å². The Morgan fingerprint density at radius 2 is 2.00 bits per heavy atom. The third-order valence-electron chi connectivity index (χ3n) is 2.61. The second-order valence-electron chi connectivity index (χ2n) is 3.94. The third-order valence-corrected chi connectivity index (χ3v) is 4.02. The summed E-state index contributed by atoms with van der Waals surface area (Å²) in [5.41, 5.74) is 5.58. The average Bonchev–Trinajstić information content (AvgIpc) is 2.84. The summed E-state index contributed by atoms with van der Waals surface area (Å²) in [5, 5.41) is 5.27. The number of fused-ring (bicyclic) bond motifs is 1. The highest BCUT2D eigenvalue weighted by molar-refractivity contribution is 9.10. The molecule has 3 N–H and O–H groups in total. The van der Waals surface area contributed by atoms with Gasteiger partial charge in [0.2, 0.25) is 5.95 Å². The number of nitrogens with zero attached hydrogens (tertiary/aromatic N) is 2. The SMILES string of the molecule is Nc1nc(Nc2cc(F)c(Br)cc2F)c2ccsc2n1. The Kier molecular flexibility index (Phi) is 3.27. The molecule has 20 heavy (non-hydrogen) atoms. The summed E-state index contributed by atoms with van der Waals surface area (Å²) < 4.78 is 27.4. The van der Waals surface area contributed by atoms with Crippen LogP contribution in [-0.4, -0.2) is 9.97 Å². The first-order valence-corrected chi connectivity index (χ1v) is 7.14. The zero-order valence-electron chi connectivity index (χ0n) is 9.82. The number of benzene rings is 1. The fourth-order valence-corrected chi connectivity index (χ4v) is 2.80. The van der Waals surface area contributed by atoms with Crippen molar-refractivity contribution in [3.05, 3.63) is 39.7 Å². The molecule has 0 radical (unpaired) electrons. The average molecular weight is 357 g/mol. The molecule has 102 valence electrons. The van der Waals surface area contributed by atoms with Gasteiger partial charge in [0.05, 0.1) is 15.5 Å². The van der Waals surface area contributed by atoms with Gasteiger partial charge in [0.1, 0.15) is 22.3 Å². The van der Waals surface area contributed by atoms with Crippen molar-refractivity contribution in [1.82, 2.24) is 9.97 Å². The molecule has 2 heterocycles. The van der Waals surface area contributed by atoms with E-state index in [1.807, 2.05) is 5.38 Å². The van der Waals surface area contributed by atoms with Crippen molar-refractivity contribution in [2.24, 2.45) is 0 Å². The normalized spacial score (nSPS) is 10.9. The number of nitrogens with two attached hydrogens (primary N) is 1. The number of nitrogen functional groups attached to an aromatic ring is 1. The molecule has 0 atom stereocenters. The minimum atomic E-state index is -0.598. The summed E-state index contributed by atoms with van der Waals surface area (Å²) in [5.74, 6) is -0.758. The van der Waals surface area contributed by atoms with Crippen LogP contribution < -0.4 is 11.1 Å². The molecule has 2 aromatic heterocycles. The lowest BCUT2D eigenvalue weighted by atomic mass is 10.3. The number of hydrogen-bond acceptors (Lipinski definition) is 5. The molecule has 3 aromatic rings. The van der Waals surface area contributed by atoms with Gasteiger partial charge in [0, 0.05) is 6.07 Å². The van der Waals surface area contributed by atoms with E-state index in [9.17, 15) is 8.78 Å². The maximum absolute atomic E-state index is 13.8. The number of rotatable bonds is 2. The molecule has 0 saturated heterocycles. The molecule has 0 fully saturated rings. The van der Waals surface area contributed by atoms with Crippen LogP contribution in [-0.2, 0) is 0 Å². The molecular formula is C12H7BrF2N4S. The van der Waals surface area contributed by atoms with Crippen molar-refractivity contribution in [2.75, 3.05) is 11.1 Å². The van der Waals surface area contributed by atoms with Crippen LogP contribution in [0, 0.1) is 11.6 Å². The summed E-state index contributed by atoms with van der Waals surface area (Å²) in [6.07, 6.45) is 0. The summed E-state index contributed by atoms with van der Waals surface area (Å²) >= 11 is 4.31. The first-order chi connectivity index (χ1) is 9.54. The Balaban J connectivity index is 2.09. The van der Waals surface area contributed by atoms with Crippen molar-refractivity contribution in [3.63, 3.8) is 0 Å². The van der Waals surface area contributed by atoms with Gasteiger partial charge in [-0.05, 0) is 33.4 Å². The van der Waals surface area contributed by atoms with Gasteiger partial charge in [0.25, 0.3) is 0 Å². The summed E-state index contributed by atoms with van der Waals surface area (Å²) in [6, 6.07) is 3.89. The van der Waals surface area contributed by atoms with Gasteiger partial charge < -0.3 is 11.1 Å². The summed E-state index contributed by atoms with van der Waals surface area (Å²) in [7, 11) is 0. The molecule has 0 aliphatic rings. The lowest BCUT2D eigenvalue weighted by Crippen LogP contribution is -2.02. The van der Waals surface area contributed by atoms with Crippen molar-refractivity contribution < 1.29 is 8.78 Å². The van der Waals surface area contributed by atoms with Crippen molar-refractivity contribution in [2.45, 2.75) is 0 Å². The van der Waals surface area contributed by atoms with Gasteiger partial charge >= 0.3 is 0 Å². The number of anilines is 3. The van der Waals surface area contributed by atoms with Crippen LogP contribution in [0.2, 0.25) is 0 Å². The van der Waals surface area contributed by atoms with Gasteiger partial charge in [-0.3, -0.25) is 0 Å². The van der Waals surface area contributed by atoms with E-state index in [1.54, 1.807) is 6.07 Å². The molecule has 0 bridgehead atoms. The van der Waals surface area contributed by atoms with Gasteiger partial charge in [0.15, 0.2) is 0 Å². The van der Waals surface area contributed by atoms with Gasteiger partial charge in [-0.25, -0.2) is 13.8 Å². The minimum Gasteiger partial charge on any atom is -0.368 e. The van der Waals surface area contributed by atoms with Crippen LogP contribution in [0.5, 0.6) is 0 Å². The van der Waals surface area contributed by atoms with E-state index >= 15 is 0 Å². The summed E-state index contributed by atoms with van der Waals surface area (Å²) in [4.78, 5) is 8.76. The lowest BCUT2D eigenvalue weighted by molar-refractivity contribution is 0.598. The fraction of sp³-hybridized carbons (Fsp3) is 0. The minimum absolute atomic E-state index is 0.0173. The molecule has 0 aliphatic carbocycles. The highest BCUT2D eigenvalue weighted by Crippen LogP contribution is 2.30. The van der Waals surface area contributed by atoms with Crippen molar-refractivity contribution in [1.29, 1.82) is 0 Å². The Morgan fingerprint density at radius 3 is 2.80 bits per heavy atom. The van der Waals surface area contributed by atoms with E-state index < -0.39 is 11.6 Å². The van der Waals surface area contributed by atoms with Gasteiger partial charge in [-0.2, -0.15) is 4.98 Å². The van der Waals surface area contributed by atoms with E-state index in [-0.39, 0.29) is 16.1 Å². The number of nitrogens with one attached hydrogen (secondary N) is 1. The number of thiophene rings is 1. The Morgan fingerprint density at radius 1 is 1.20 bits per heavy atom. The second kappa shape index (κ2) is 4.95. The molecule has 0 aliphatic heterocycles. The molecule has 8 heteroatoms. The lowest BCUT2D eigenvalue weighted by Gasteiger charge is -2.09. The molecule has 3 rings (SSSR count). The van der Waals surface area contributed by atoms with E-state index in [4.69, 9.17) is 5.73 Å². The van der Waals surface area contributed by atoms with Crippen LogP contribution in [0.15, 0.2) is 28.1 Å². The van der Waals surface area contributed by atoms with E-state index in [1.165, 1.54) is 11.3 Å². The largest absolute Gasteiger partial charge is 0.368 e. The highest BCUT2D eigenvalue weighted by Gasteiger charge is 2.12. The maximum atomic E-state index is 13.8. The number of aromatic nitrogens is 2. The zero-order chi connectivity index (χ0) is 14.3. The van der Waals surface area contributed by atoms with Gasteiger partial charge in [-0.15, -0.1) is 11.3 Å². The smallest absolute Gasteiger partial charge is 0.223 e. The van der Waals surface area contributed by atoms with Crippen molar-refractivity contribution in [3.8, 4) is 0 Å². The maximum Gasteiger partial charge on any atom is 0.223 e. The zero-order valence-corrected chi connectivity index (χ0v) is 12.2. The predicted molar refractivity (Wildman–Crippen MR) is 79.2 cm³/mol. The van der Waals surface area contributed by atoms with Gasteiger partial charge in [-0.1, -0.05) is 0 Å². The monoisotopic (exact) mass is 356 g/mol. The van der Waals surface area contributed by atoms with Crippen molar-refractivity contribution >= 4 is 54.9 Å². The predicted octanol–water partition coefficient (Wildman–Crippen LogP) is 4.06. The molecule has 1 aromatic carbocycles. The fourth-order valence-electron chi connectivity index (χ4n) is 1.71. The van der Waals surface area contributed by atoms with Crippen LogP contribution in [0.25, 0.3) is 10.2 Å². The Bertz CT molecular complexity index is 805. The van der Waals surface area contributed by atoms with Crippen LogP contribution in [0.4, 0.5) is 26.2 Å². The molecule has 0 spiro atoms. The molecule has 0 unspecified atom stereocenters. The van der Waals surface area contributed by atoms with E-state index in [0.29, 0.717) is 16.0 Å².